The standard InChI is InChI=1S/C10H19N3O4S/c1-9(7-17-3)13(4-5-16-2)18(14,15)10-6-11-8-12-10/h6,8-9H,4-5,7H2,1-3H3,(H,11,12). The number of hydrogen-bond donors (Lipinski definition) is 1. The summed E-state index contributed by atoms with van der Waals surface area (Å²) in [6.07, 6.45) is 2.62. The lowest BCUT2D eigenvalue weighted by molar-refractivity contribution is 0.119. The van der Waals surface area contributed by atoms with Crippen molar-refractivity contribution in [3.05, 3.63) is 12.5 Å². The normalized spacial score (nSPS) is 14.0. The summed E-state index contributed by atoms with van der Waals surface area (Å²) < 4.78 is 36.0. The highest BCUT2D eigenvalue weighted by Gasteiger charge is 2.29. The predicted molar refractivity (Wildman–Crippen MR) is 65.7 cm³/mol. The van der Waals surface area contributed by atoms with Crippen LogP contribution in [0.1, 0.15) is 6.92 Å². The van der Waals surface area contributed by atoms with E-state index in [2.05, 4.69) is 9.97 Å². The molecule has 1 heterocycles. The van der Waals surface area contributed by atoms with E-state index in [1.165, 1.54) is 31.0 Å². The Labute approximate surface area is 107 Å². The van der Waals surface area contributed by atoms with Crippen molar-refractivity contribution in [3.8, 4) is 0 Å². The topological polar surface area (TPSA) is 84.5 Å². The van der Waals surface area contributed by atoms with Crippen LogP contribution in [0, 0.1) is 0 Å². The predicted octanol–water partition coefficient (Wildman–Crippen LogP) is 0.0817. The van der Waals surface area contributed by atoms with E-state index in [1.54, 1.807) is 6.92 Å². The Kier molecular flexibility index (Phi) is 5.73. The minimum absolute atomic E-state index is 0.0709. The summed E-state index contributed by atoms with van der Waals surface area (Å²) in [5.74, 6) is 0. The summed E-state index contributed by atoms with van der Waals surface area (Å²) >= 11 is 0. The van der Waals surface area contributed by atoms with Gasteiger partial charge in [-0.25, -0.2) is 13.4 Å². The molecule has 1 aromatic heterocycles. The van der Waals surface area contributed by atoms with Gasteiger partial charge in [-0.2, -0.15) is 4.31 Å². The fourth-order valence-electron chi connectivity index (χ4n) is 1.59. The zero-order chi connectivity index (χ0) is 13.6. The van der Waals surface area contributed by atoms with Crippen molar-refractivity contribution >= 4 is 10.0 Å². The van der Waals surface area contributed by atoms with Gasteiger partial charge in [0, 0.05) is 26.8 Å². The number of aromatic amines is 1. The molecule has 0 saturated carbocycles. The van der Waals surface area contributed by atoms with Crippen molar-refractivity contribution in [2.75, 3.05) is 34.0 Å². The Morgan fingerprint density at radius 1 is 1.44 bits per heavy atom. The molecule has 1 rings (SSSR count). The van der Waals surface area contributed by atoms with Crippen LogP contribution in [0.3, 0.4) is 0 Å². The summed E-state index contributed by atoms with van der Waals surface area (Å²) in [6, 6.07) is -0.279. The number of sulfonamides is 1. The van der Waals surface area contributed by atoms with E-state index >= 15 is 0 Å². The molecule has 0 aromatic carbocycles. The van der Waals surface area contributed by atoms with Crippen molar-refractivity contribution in [1.29, 1.82) is 0 Å². The smallest absolute Gasteiger partial charge is 0.260 e. The molecular weight excluding hydrogens is 258 g/mol. The first-order valence-corrected chi connectivity index (χ1v) is 6.96. The van der Waals surface area contributed by atoms with Gasteiger partial charge in [0.1, 0.15) is 0 Å². The maximum Gasteiger partial charge on any atom is 0.260 e. The molecule has 0 radical (unpaired) electrons. The fraction of sp³-hybridized carbons (Fsp3) is 0.700. The van der Waals surface area contributed by atoms with E-state index in [4.69, 9.17) is 9.47 Å². The molecule has 0 spiro atoms. The van der Waals surface area contributed by atoms with Crippen LogP contribution in [0.4, 0.5) is 0 Å². The largest absolute Gasteiger partial charge is 0.383 e. The van der Waals surface area contributed by atoms with Gasteiger partial charge in [0.15, 0.2) is 5.03 Å². The Bertz CT molecular complexity index is 432. The molecular formula is C10H19N3O4S. The summed E-state index contributed by atoms with van der Waals surface area (Å²) in [5.41, 5.74) is 0. The van der Waals surface area contributed by atoms with Gasteiger partial charge >= 0.3 is 0 Å². The summed E-state index contributed by atoms with van der Waals surface area (Å²) in [6.45, 7) is 2.69. The van der Waals surface area contributed by atoms with Crippen LogP contribution < -0.4 is 0 Å². The maximum atomic E-state index is 12.4. The van der Waals surface area contributed by atoms with Crippen LogP contribution in [0.25, 0.3) is 0 Å². The second-order valence-electron chi connectivity index (χ2n) is 3.83. The SMILES string of the molecule is COCCN(C(C)COC)S(=O)(=O)c1cnc[nH]1. The van der Waals surface area contributed by atoms with Crippen LogP contribution in [0.15, 0.2) is 17.6 Å². The lowest BCUT2D eigenvalue weighted by Crippen LogP contribution is -2.43. The van der Waals surface area contributed by atoms with Gasteiger partial charge in [-0.1, -0.05) is 0 Å². The van der Waals surface area contributed by atoms with Gasteiger partial charge < -0.3 is 14.5 Å². The first-order chi connectivity index (χ1) is 8.54. The lowest BCUT2D eigenvalue weighted by atomic mass is 10.3. The second kappa shape index (κ2) is 6.83. The molecule has 8 heteroatoms. The number of hydrogen-bond acceptors (Lipinski definition) is 5. The van der Waals surface area contributed by atoms with Gasteiger partial charge in [0.2, 0.25) is 0 Å². The van der Waals surface area contributed by atoms with Crippen LogP contribution in [0.5, 0.6) is 0 Å². The highest BCUT2D eigenvalue weighted by atomic mass is 32.2. The van der Waals surface area contributed by atoms with E-state index in [0.717, 1.165) is 0 Å². The lowest BCUT2D eigenvalue weighted by Gasteiger charge is -2.26. The number of rotatable bonds is 8. The third-order valence-electron chi connectivity index (χ3n) is 2.48. The average molecular weight is 277 g/mol. The molecule has 1 aromatic rings. The van der Waals surface area contributed by atoms with Crippen molar-refractivity contribution in [2.45, 2.75) is 18.0 Å². The van der Waals surface area contributed by atoms with Crippen LogP contribution in [0.2, 0.25) is 0 Å². The van der Waals surface area contributed by atoms with Crippen LogP contribution in [-0.2, 0) is 19.5 Å². The summed E-state index contributed by atoms with van der Waals surface area (Å²) in [7, 11) is -0.531. The van der Waals surface area contributed by atoms with Crippen molar-refractivity contribution in [1.82, 2.24) is 14.3 Å². The number of nitrogens with zero attached hydrogens (tertiary/aromatic N) is 2. The van der Waals surface area contributed by atoms with Crippen LogP contribution >= 0.6 is 0 Å². The minimum Gasteiger partial charge on any atom is -0.383 e. The number of imidazole rings is 1. The van der Waals surface area contributed by atoms with E-state index in [0.29, 0.717) is 13.2 Å². The highest BCUT2D eigenvalue weighted by Crippen LogP contribution is 2.15. The molecule has 104 valence electrons. The molecule has 7 nitrogen and oxygen atoms in total. The van der Waals surface area contributed by atoms with E-state index < -0.39 is 10.0 Å². The average Bonchev–Trinajstić information content (AvgIpc) is 2.83. The molecule has 0 amide bonds. The first kappa shape index (κ1) is 15.1. The Morgan fingerprint density at radius 3 is 2.67 bits per heavy atom. The third-order valence-corrected chi connectivity index (χ3v) is 4.41. The van der Waals surface area contributed by atoms with E-state index in [-0.39, 0.29) is 17.6 Å². The molecule has 1 unspecified atom stereocenters. The Hall–Kier alpha value is -0.960. The molecule has 18 heavy (non-hydrogen) atoms. The summed E-state index contributed by atoms with van der Waals surface area (Å²) in [4.78, 5) is 6.34. The Balaban J connectivity index is 2.94. The van der Waals surface area contributed by atoms with Crippen LogP contribution in [-0.4, -0.2) is 62.7 Å². The number of ether oxygens (including phenoxy) is 2. The zero-order valence-electron chi connectivity index (χ0n) is 10.8. The van der Waals surface area contributed by atoms with E-state index in [9.17, 15) is 8.42 Å². The number of methoxy groups -OCH3 is 2. The molecule has 1 atom stereocenters. The second-order valence-corrected chi connectivity index (χ2v) is 5.69. The fourth-order valence-corrected chi connectivity index (χ4v) is 3.09. The molecule has 0 aliphatic rings. The molecule has 0 fully saturated rings. The number of nitrogens with one attached hydrogen (secondary N) is 1. The summed E-state index contributed by atoms with van der Waals surface area (Å²) in [5, 5.41) is 0.0709. The minimum atomic E-state index is -3.60. The van der Waals surface area contributed by atoms with Gasteiger partial charge in [-0.15, -0.1) is 0 Å². The van der Waals surface area contributed by atoms with Crippen molar-refractivity contribution in [3.63, 3.8) is 0 Å². The van der Waals surface area contributed by atoms with Gasteiger partial charge in [0.05, 0.1) is 25.7 Å². The number of aromatic nitrogens is 2. The number of H-pyrrole nitrogens is 1. The first-order valence-electron chi connectivity index (χ1n) is 5.52. The van der Waals surface area contributed by atoms with Gasteiger partial charge in [-0.05, 0) is 6.92 Å². The zero-order valence-corrected chi connectivity index (χ0v) is 11.6. The third kappa shape index (κ3) is 3.52. The molecule has 0 aliphatic heterocycles. The van der Waals surface area contributed by atoms with Crippen molar-refractivity contribution in [2.24, 2.45) is 0 Å². The molecule has 0 saturated heterocycles. The quantitative estimate of drug-likeness (QED) is 0.727. The monoisotopic (exact) mass is 277 g/mol. The van der Waals surface area contributed by atoms with Gasteiger partial charge in [-0.3, -0.25) is 0 Å². The molecule has 0 bridgehead atoms. The highest BCUT2D eigenvalue weighted by molar-refractivity contribution is 7.89. The van der Waals surface area contributed by atoms with Crippen molar-refractivity contribution < 1.29 is 17.9 Å². The van der Waals surface area contributed by atoms with E-state index in [1.807, 2.05) is 0 Å². The molecule has 0 aliphatic carbocycles. The molecule has 1 N–H and O–H groups in total. The maximum absolute atomic E-state index is 12.4. The Morgan fingerprint density at radius 2 is 2.17 bits per heavy atom. The van der Waals surface area contributed by atoms with Gasteiger partial charge in [0.25, 0.3) is 10.0 Å².